The Morgan fingerprint density at radius 1 is 1.57 bits per heavy atom. The molecule has 0 spiro atoms. The minimum absolute atomic E-state index is 0.0982. The molecule has 4 heteroatoms. The summed E-state index contributed by atoms with van der Waals surface area (Å²) in [5, 5.41) is 7.53. The van der Waals surface area contributed by atoms with Crippen LogP contribution >= 0.6 is 0 Å². The molecule has 1 N–H and O–H groups in total. The Hall–Kier alpha value is -1.16. The van der Waals surface area contributed by atoms with E-state index in [4.69, 9.17) is 0 Å². The van der Waals surface area contributed by atoms with E-state index in [0.717, 1.165) is 31.6 Å². The second-order valence-corrected chi connectivity index (χ2v) is 3.70. The molecule has 1 fully saturated rings. The number of carbonyl (C=O) groups is 1. The van der Waals surface area contributed by atoms with Crippen molar-refractivity contribution < 1.29 is 4.79 Å². The third-order valence-electron chi connectivity index (χ3n) is 2.69. The Morgan fingerprint density at radius 3 is 2.93 bits per heavy atom. The summed E-state index contributed by atoms with van der Waals surface area (Å²) in [6.45, 7) is 3.62. The minimum atomic E-state index is 0.0982. The van der Waals surface area contributed by atoms with Crippen LogP contribution in [-0.4, -0.2) is 28.7 Å². The molecule has 0 aliphatic carbocycles. The number of piperidine rings is 1. The lowest BCUT2D eigenvalue weighted by Gasteiger charge is -2.24. The van der Waals surface area contributed by atoms with Gasteiger partial charge in [-0.05, 0) is 32.0 Å². The molecule has 4 nitrogen and oxygen atoms in total. The van der Waals surface area contributed by atoms with E-state index in [-0.39, 0.29) is 5.78 Å². The first-order chi connectivity index (χ1) is 6.79. The molecule has 1 aliphatic heterocycles. The van der Waals surface area contributed by atoms with Gasteiger partial charge in [0.1, 0.15) is 5.69 Å². The van der Waals surface area contributed by atoms with Crippen LogP contribution in [0.25, 0.3) is 0 Å². The summed E-state index contributed by atoms with van der Waals surface area (Å²) in [6.07, 6.45) is 3.82. The van der Waals surface area contributed by atoms with Crippen LogP contribution < -0.4 is 5.32 Å². The zero-order valence-corrected chi connectivity index (χ0v) is 8.36. The van der Waals surface area contributed by atoms with Gasteiger partial charge in [-0.15, -0.1) is 0 Å². The summed E-state index contributed by atoms with van der Waals surface area (Å²) in [4.78, 5) is 11.3. The number of ketones is 1. The lowest BCUT2D eigenvalue weighted by molar-refractivity contribution is 0.0998. The third kappa shape index (κ3) is 1.70. The molecular weight excluding hydrogens is 178 g/mol. The van der Waals surface area contributed by atoms with Gasteiger partial charge < -0.3 is 5.32 Å². The number of rotatable bonds is 2. The normalized spacial score (nSPS) is 18.4. The zero-order chi connectivity index (χ0) is 9.97. The lowest BCUT2D eigenvalue weighted by Crippen LogP contribution is -2.30. The van der Waals surface area contributed by atoms with Crippen molar-refractivity contribution in [2.45, 2.75) is 25.8 Å². The number of carbonyl (C=O) groups excluding carboxylic acids is 1. The third-order valence-corrected chi connectivity index (χ3v) is 2.69. The number of hydrogen-bond donors (Lipinski definition) is 1. The van der Waals surface area contributed by atoms with Crippen molar-refractivity contribution in [1.82, 2.24) is 15.1 Å². The minimum Gasteiger partial charge on any atom is -0.317 e. The highest BCUT2D eigenvalue weighted by atomic mass is 16.1. The van der Waals surface area contributed by atoms with Crippen LogP contribution in [0.3, 0.4) is 0 Å². The van der Waals surface area contributed by atoms with E-state index in [1.165, 1.54) is 0 Å². The molecule has 1 aromatic heterocycles. The predicted molar refractivity (Wildman–Crippen MR) is 53.4 cm³/mol. The van der Waals surface area contributed by atoms with Gasteiger partial charge in [0.15, 0.2) is 5.78 Å². The fourth-order valence-corrected chi connectivity index (χ4v) is 1.94. The van der Waals surface area contributed by atoms with Crippen LogP contribution in [0.1, 0.15) is 36.3 Å². The monoisotopic (exact) mass is 193 g/mol. The first kappa shape index (κ1) is 9.40. The van der Waals surface area contributed by atoms with E-state index in [0.29, 0.717) is 6.04 Å². The fourth-order valence-electron chi connectivity index (χ4n) is 1.94. The predicted octanol–water partition coefficient (Wildman–Crippen LogP) is 1.01. The smallest absolute Gasteiger partial charge is 0.177 e. The average Bonchev–Trinajstić information content (AvgIpc) is 2.67. The molecule has 14 heavy (non-hydrogen) atoms. The summed E-state index contributed by atoms with van der Waals surface area (Å²) < 4.78 is 1.88. The summed E-state index contributed by atoms with van der Waals surface area (Å²) in [6, 6.07) is 2.19. The van der Waals surface area contributed by atoms with Gasteiger partial charge in [-0.2, -0.15) is 5.10 Å². The molecular formula is C10H15N3O. The van der Waals surface area contributed by atoms with Crippen LogP contribution in [0.5, 0.6) is 0 Å². The van der Waals surface area contributed by atoms with Crippen LogP contribution in [-0.2, 0) is 0 Å². The fraction of sp³-hybridized carbons (Fsp3) is 0.600. The van der Waals surface area contributed by atoms with E-state index in [1.54, 1.807) is 19.2 Å². The van der Waals surface area contributed by atoms with E-state index in [1.807, 2.05) is 4.68 Å². The van der Waals surface area contributed by atoms with Crippen LogP contribution in [0.4, 0.5) is 0 Å². The van der Waals surface area contributed by atoms with E-state index >= 15 is 0 Å². The Kier molecular flexibility index (Phi) is 2.63. The maximum absolute atomic E-state index is 11.3. The van der Waals surface area contributed by atoms with Gasteiger partial charge in [-0.3, -0.25) is 9.48 Å². The number of aromatic nitrogens is 2. The molecule has 0 atom stereocenters. The van der Waals surface area contributed by atoms with Crippen LogP contribution in [0, 0.1) is 0 Å². The van der Waals surface area contributed by atoms with Crippen LogP contribution in [0.15, 0.2) is 12.3 Å². The Bertz CT molecular complexity index is 326. The highest BCUT2D eigenvalue weighted by Gasteiger charge is 2.19. The van der Waals surface area contributed by atoms with E-state index in [9.17, 15) is 4.79 Å². The molecule has 0 aromatic carbocycles. The topological polar surface area (TPSA) is 46.9 Å². The first-order valence-electron chi connectivity index (χ1n) is 5.04. The van der Waals surface area contributed by atoms with Gasteiger partial charge in [0.25, 0.3) is 0 Å². The first-order valence-corrected chi connectivity index (χ1v) is 5.04. The molecule has 0 unspecified atom stereocenters. The molecule has 1 aromatic rings. The SMILES string of the molecule is CC(=O)c1ccnn1C1CCNCC1. The average molecular weight is 193 g/mol. The molecule has 2 rings (SSSR count). The second-order valence-electron chi connectivity index (χ2n) is 3.70. The van der Waals surface area contributed by atoms with Crippen LogP contribution in [0.2, 0.25) is 0 Å². The number of hydrogen-bond acceptors (Lipinski definition) is 3. The summed E-state index contributed by atoms with van der Waals surface area (Å²) in [5.41, 5.74) is 0.733. The Labute approximate surface area is 83.3 Å². The van der Waals surface area contributed by atoms with Crippen molar-refractivity contribution in [3.8, 4) is 0 Å². The number of nitrogens with zero attached hydrogens (tertiary/aromatic N) is 2. The molecule has 0 amide bonds. The highest BCUT2D eigenvalue weighted by Crippen LogP contribution is 2.19. The number of nitrogens with one attached hydrogen (secondary N) is 1. The Balaban J connectivity index is 2.21. The van der Waals surface area contributed by atoms with Gasteiger partial charge in [0, 0.05) is 13.1 Å². The zero-order valence-electron chi connectivity index (χ0n) is 8.36. The quantitative estimate of drug-likeness (QED) is 0.713. The molecule has 1 saturated heterocycles. The van der Waals surface area contributed by atoms with Crippen molar-refractivity contribution in [2.24, 2.45) is 0 Å². The molecule has 0 bridgehead atoms. The standard InChI is InChI=1S/C10H15N3O/c1-8(14)10-4-7-12-13(10)9-2-5-11-6-3-9/h4,7,9,11H,2-3,5-6H2,1H3. The van der Waals surface area contributed by atoms with E-state index < -0.39 is 0 Å². The van der Waals surface area contributed by atoms with Crippen molar-refractivity contribution in [3.05, 3.63) is 18.0 Å². The molecule has 0 radical (unpaired) electrons. The Morgan fingerprint density at radius 2 is 2.29 bits per heavy atom. The van der Waals surface area contributed by atoms with Crippen molar-refractivity contribution in [2.75, 3.05) is 13.1 Å². The summed E-state index contributed by atoms with van der Waals surface area (Å²) in [5.74, 6) is 0.0982. The highest BCUT2D eigenvalue weighted by molar-refractivity contribution is 5.92. The second kappa shape index (κ2) is 3.92. The van der Waals surface area contributed by atoms with Crippen molar-refractivity contribution >= 4 is 5.78 Å². The van der Waals surface area contributed by atoms with Crippen molar-refractivity contribution in [3.63, 3.8) is 0 Å². The molecule has 76 valence electrons. The van der Waals surface area contributed by atoms with Crippen molar-refractivity contribution in [1.29, 1.82) is 0 Å². The van der Waals surface area contributed by atoms with Gasteiger partial charge in [-0.1, -0.05) is 0 Å². The summed E-state index contributed by atoms with van der Waals surface area (Å²) >= 11 is 0. The van der Waals surface area contributed by atoms with Gasteiger partial charge in [0.05, 0.1) is 6.04 Å². The lowest BCUT2D eigenvalue weighted by atomic mass is 10.1. The maximum atomic E-state index is 11.3. The van der Waals surface area contributed by atoms with Gasteiger partial charge in [0.2, 0.25) is 0 Å². The molecule has 0 saturated carbocycles. The largest absolute Gasteiger partial charge is 0.317 e. The number of Topliss-reactive ketones (excluding diaryl/α,β-unsaturated/α-hetero) is 1. The summed E-state index contributed by atoms with van der Waals surface area (Å²) in [7, 11) is 0. The maximum Gasteiger partial charge on any atom is 0.177 e. The van der Waals surface area contributed by atoms with Gasteiger partial charge >= 0.3 is 0 Å². The van der Waals surface area contributed by atoms with Gasteiger partial charge in [-0.25, -0.2) is 0 Å². The molecule has 2 heterocycles. The molecule has 1 aliphatic rings. The van der Waals surface area contributed by atoms with E-state index in [2.05, 4.69) is 10.4 Å².